The minimum atomic E-state index is -4.86. The van der Waals surface area contributed by atoms with Crippen LogP contribution in [-0.2, 0) is 6.18 Å². The van der Waals surface area contributed by atoms with E-state index in [0.29, 0.717) is 0 Å². The summed E-state index contributed by atoms with van der Waals surface area (Å²) in [5.41, 5.74) is -1.69. The van der Waals surface area contributed by atoms with Crippen molar-refractivity contribution in [3.63, 3.8) is 0 Å². The van der Waals surface area contributed by atoms with Gasteiger partial charge in [-0.1, -0.05) is 12.1 Å². The van der Waals surface area contributed by atoms with E-state index in [9.17, 15) is 31.1 Å². The molecule has 0 fully saturated rings. The predicted octanol–water partition coefficient (Wildman–Crippen LogP) is 4.86. The molecule has 3 nitrogen and oxygen atoms in total. The normalized spacial score (nSPS) is 11.9. The summed E-state index contributed by atoms with van der Waals surface area (Å²) >= 11 is 0. The van der Waals surface area contributed by atoms with Crippen molar-refractivity contribution in [1.29, 1.82) is 0 Å². The van der Waals surface area contributed by atoms with Crippen molar-refractivity contribution in [3.05, 3.63) is 59.7 Å². The molecule has 0 heterocycles. The molecule has 0 radical (unpaired) electrons. The summed E-state index contributed by atoms with van der Waals surface area (Å²) in [5.74, 6) is -1.55. The van der Waals surface area contributed by atoms with Gasteiger partial charge in [0.1, 0.15) is 5.75 Å². The van der Waals surface area contributed by atoms with Gasteiger partial charge in [0.2, 0.25) is 0 Å². The number of amides is 1. The maximum Gasteiger partial charge on any atom is 0.573 e. The number of ether oxygens (including phenoxy) is 1. The van der Waals surface area contributed by atoms with E-state index in [1.165, 1.54) is 6.07 Å². The second kappa shape index (κ2) is 6.42. The van der Waals surface area contributed by atoms with E-state index in [-0.39, 0.29) is 5.69 Å². The van der Waals surface area contributed by atoms with Gasteiger partial charge < -0.3 is 10.1 Å². The van der Waals surface area contributed by atoms with Gasteiger partial charge in [-0.05, 0) is 36.4 Å². The highest BCUT2D eigenvalue weighted by Gasteiger charge is 2.35. The van der Waals surface area contributed by atoms with Gasteiger partial charge in [-0.25, -0.2) is 0 Å². The molecule has 0 unspecified atom stereocenters. The van der Waals surface area contributed by atoms with Crippen LogP contribution in [0.25, 0.3) is 0 Å². The van der Waals surface area contributed by atoms with Crippen molar-refractivity contribution in [2.75, 3.05) is 5.32 Å². The average Bonchev–Trinajstić information content (AvgIpc) is 2.47. The Morgan fingerprint density at radius 3 is 2.00 bits per heavy atom. The summed E-state index contributed by atoms with van der Waals surface area (Å²) in [5, 5.41) is 2.19. The van der Waals surface area contributed by atoms with Crippen LogP contribution in [0.2, 0.25) is 0 Å². The van der Waals surface area contributed by atoms with E-state index in [1.54, 1.807) is 0 Å². The fraction of sp³-hybridized carbons (Fsp3) is 0.133. The molecule has 0 saturated carbocycles. The molecule has 24 heavy (non-hydrogen) atoms. The Bertz CT molecular complexity index is 722. The minimum Gasteiger partial charge on any atom is -0.406 e. The Labute approximate surface area is 131 Å². The first-order valence-electron chi connectivity index (χ1n) is 6.39. The topological polar surface area (TPSA) is 38.3 Å². The first-order chi connectivity index (χ1) is 11.1. The first kappa shape index (κ1) is 17.6. The van der Waals surface area contributed by atoms with Crippen LogP contribution in [0.15, 0.2) is 48.5 Å². The Hall–Kier alpha value is -2.71. The van der Waals surface area contributed by atoms with Crippen LogP contribution >= 0.6 is 0 Å². The molecule has 0 aliphatic carbocycles. The van der Waals surface area contributed by atoms with Crippen LogP contribution in [0.1, 0.15) is 15.9 Å². The molecule has 0 aliphatic heterocycles. The molecule has 0 spiro atoms. The van der Waals surface area contributed by atoms with Gasteiger partial charge >= 0.3 is 12.5 Å². The van der Waals surface area contributed by atoms with Crippen LogP contribution in [-0.4, -0.2) is 12.3 Å². The average molecular weight is 349 g/mol. The molecular weight excluding hydrogens is 340 g/mol. The molecule has 0 saturated heterocycles. The van der Waals surface area contributed by atoms with E-state index in [0.717, 1.165) is 42.5 Å². The summed E-state index contributed by atoms with van der Waals surface area (Å²) in [6.45, 7) is 0. The highest BCUT2D eigenvalue weighted by molar-refractivity contribution is 6.05. The van der Waals surface area contributed by atoms with Crippen LogP contribution in [0.5, 0.6) is 5.75 Å². The fourth-order valence-electron chi connectivity index (χ4n) is 1.87. The summed E-state index contributed by atoms with van der Waals surface area (Å²) in [6, 6.07) is 8.18. The van der Waals surface area contributed by atoms with E-state index in [1.807, 2.05) is 0 Å². The number of rotatable bonds is 3. The van der Waals surface area contributed by atoms with Gasteiger partial charge in [-0.2, -0.15) is 13.2 Å². The molecule has 0 aliphatic rings. The molecule has 2 rings (SSSR count). The molecule has 0 bridgehead atoms. The molecule has 0 atom stereocenters. The van der Waals surface area contributed by atoms with Crippen LogP contribution in [0.4, 0.5) is 32.0 Å². The third-order valence-electron chi connectivity index (χ3n) is 2.82. The summed E-state index contributed by atoms with van der Waals surface area (Å²) < 4.78 is 78.3. The van der Waals surface area contributed by atoms with Crippen molar-refractivity contribution in [2.45, 2.75) is 12.5 Å². The Morgan fingerprint density at radius 2 is 1.46 bits per heavy atom. The van der Waals surface area contributed by atoms with E-state index in [4.69, 9.17) is 0 Å². The molecule has 128 valence electrons. The standard InChI is InChI=1S/C15H9F6NO2/c16-14(17,18)12-4-2-1-3-11(12)13(23)22-9-5-7-10(8-6-9)24-15(19,20)21/h1-8H,(H,22,23). The first-order valence-corrected chi connectivity index (χ1v) is 6.39. The SMILES string of the molecule is O=C(Nc1ccc(OC(F)(F)F)cc1)c1ccccc1C(F)(F)F. The summed E-state index contributed by atoms with van der Waals surface area (Å²) in [6.07, 6.45) is -9.57. The van der Waals surface area contributed by atoms with Crippen LogP contribution in [0.3, 0.4) is 0 Å². The maximum absolute atomic E-state index is 12.9. The largest absolute Gasteiger partial charge is 0.573 e. The molecule has 2 aromatic rings. The molecule has 1 N–H and O–H groups in total. The highest BCUT2D eigenvalue weighted by atomic mass is 19.4. The zero-order valence-corrected chi connectivity index (χ0v) is 11.7. The number of hydrogen-bond acceptors (Lipinski definition) is 2. The van der Waals surface area contributed by atoms with Crippen LogP contribution < -0.4 is 10.1 Å². The lowest BCUT2D eigenvalue weighted by molar-refractivity contribution is -0.274. The molecular formula is C15H9F6NO2. The van der Waals surface area contributed by atoms with Gasteiger partial charge in [0, 0.05) is 5.69 Å². The smallest absolute Gasteiger partial charge is 0.406 e. The number of anilines is 1. The van der Waals surface area contributed by atoms with E-state index in [2.05, 4.69) is 10.1 Å². The third-order valence-corrected chi connectivity index (χ3v) is 2.82. The zero-order valence-electron chi connectivity index (χ0n) is 11.7. The quantitative estimate of drug-likeness (QED) is 0.804. The number of carbonyl (C=O) groups is 1. The number of nitrogens with one attached hydrogen (secondary N) is 1. The second-order valence-electron chi connectivity index (χ2n) is 4.57. The Morgan fingerprint density at radius 1 is 0.875 bits per heavy atom. The summed E-state index contributed by atoms with van der Waals surface area (Å²) in [7, 11) is 0. The van der Waals surface area contributed by atoms with E-state index < -0.39 is 35.3 Å². The lowest BCUT2D eigenvalue weighted by Gasteiger charge is -2.13. The van der Waals surface area contributed by atoms with Gasteiger partial charge in [0.15, 0.2) is 0 Å². The van der Waals surface area contributed by atoms with Gasteiger partial charge in [0.05, 0.1) is 11.1 Å². The maximum atomic E-state index is 12.9. The third kappa shape index (κ3) is 4.64. The lowest BCUT2D eigenvalue weighted by Crippen LogP contribution is -2.19. The number of hydrogen-bond donors (Lipinski definition) is 1. The zero-order chi connectivity index (χ0) is 18.0. The molecule has 0 aromatic heterocycles. The van der Waals surface area contributed by atoms with Crippen LogP contribution in [0, 0.1) is 0 Å². The Balaban J connectivity index is 2.16. The molecule has 9 heteroatoms. The second-order valence-corrected chi connectivity index (χ2v) is 4.57. The molecule has 2 aromatic carbocycles. The molecule has 1 amide bonds. The number of halogens is 6. The van der Waals surface area contributed by atoms with Gasteiger partial charge in [-0.3, -0.25) is 4.79 Å². The number of carbonyl (C=O) groups excluding carboxylic acids is 1. The minimum absolute atomic E-state index is 0.0199. The van der Waals surface area contributed by atoms with Crippen molar-refractivity contribution < 1.29 is 35.9 Å². The van der Waals surface area contributed by atoms with E-state index >= 15 is 0 Å². The van der Waals surface area contributed by atoms with Crippen molar-refractivity contribution in [3.8, 4) is 5.75 Å². The van der Waals surface area contributed by atoms with Gasteiger partial charge in [-0.15, -0.1) is 13.2 Å². The number of alkyl halides is 6. The Kier molecular flexibility index (Phi) is 4.72. The number of benzene rings is 2. The monoisotopic (exact) mass is 349 g/mol. The van der Waals surface area contributed by atoms with Crippen molar-refractivity contribution in [1.82, 2.24) is 0 Å². The van der Waals surface area contributed by atoms with Crippen molar-refractivity contribution in [2.24, 2.45) is 0 Å². The predicted molar refractivity (Wildman–Crippen MR) is 72.5 cm³/mol. The van der Waals surface area contributed by atoms with Crippen molar-refractivity contribution >= 4 is 11.6 Å². The fourth-order valence-corrected chi connectivity index (χ4v) is 1.87. The van der Waals surface area contributed by atoms with Gasteiger partial charge in [0.25, 0.3) is 5.91 Å². The highest BCUT2D eigenvalue weighted by Crippen LogP contribution is 2.32. The summed E-state index contributed by atoms with van der Waals surface area (Å²) in [4.78, 5) is 12.0. The lowest BCUT2D eigenvalue weighted by atomic mass is 10.1.